The smallest absolute Gasteiger partial charge is 0.259 e. The van der Waals surface area contributed by atoms with Gasteiger partial charge in [-0.1, -0.05) is 13.8 Å². The Morgan fingerprint density at radius 2 is 1.87 bits per heavy atom. The van der Waals surface area contributed by atoms with E-state index in [-0.39, 0.29) is 28.1 Å². The molecule has 0 aliphatic heterocycles. The van der Waals surface area contributed by atoms with Crippen LogP contribution in [0.1, 0.15) is 35.8 Å². The molecule has 30 heavy (non-hydrogen) atoms. The fourth-order valence-corrected chi connectivity index (χ4v) is 3.77. The topological polar surface area (TPSA) is 116 Å². The number of nitrogens with zero attached hydrogens (tertiary/aromatic N) is 2. The summed E-state index contributed by atoms with van der Waals surface area (Å²) in [5.74, 6) is -0.852. The molecule has 8 nitrogen and oxygen atoms in total. The van der Waals surface area contributed by atoms with Gasteiger partial charge in [0.25, 0.3) is 5.91 Å². The standard InChI is InChI=1S/C20H21FN4O4S/c1-12(2)19-16(11-23-25(19)15-7-4-13(21)5-8-15)20(26)24-14-6-9-17(29-3)18(10-14)30(22,27)28/h4-12H,1-3H3,(H,24,26)(H2,22,27,28). The van der Waals surface area contributed by atoms with Crippen molar-refractivity contribution in [1.82, 2.24) is 9.78 Å². The minimum absolute atomic E-state index is 0.0718. The van der Waals surface area contributed by atoms with Crippen molar-refractivity contribution in [3.63, 3.8) is 0 Å². The number of ether oxygens (including phenoxy) is 1. The Balaban J connectivity index is 1.97. The summed E-state index contributed by atoms with van der Waals surface area (Å²) < 4.78 is 43.4. The molecule has 1 amide bonds. The number of halogens is 1. The van der Waals surface area contributed by atoms with E-state index in [0.29, 0.717) is 16.9 Å². The molecule has 0 radical (unpaired) electrons. The van der Waals surface area contributed by atoms with Crippen LogP contribution in [0.3, 0.4) is 0 Å². The Kier molecular flexibility index (Phi) is 5.90. The number of nitrogens with one attached hydrogen (secondary N) is 1. The average Bonchev–Trinajstić information content (AvgIpc) is 3.13. The van der Waals surface area contributed by atoms with Gasteiger partial charge in [-0.05, 0) is 48.4 Å². The molecule has 3 rings (SSSR count). The Labute approximate surface area is 173 Å². The molecule has 0 aliphatic carbocycles. The molecule has 158 valence electrons. The summed E-state index contributed by atoms with van der Waals surface area (Å²) in [6.45, 7) is 3.81. The maximum Gasteiger partial charge on any atom is 0.259 e. The lowest BCUT2D eigenvalue weighted by atomic mass is 10.0. The van der Waals surface area contributed by atoms with E-state index in [2.05, 4.69) is 10.4 Å². The fourth-order valence-electron chi connectivity index (χ4n) is 3.05. The Bertz CT molecular complexity index is 1190. The molecule has 1 heterocycles. The third-order valence-corrected chi connectivity index (χ3v) is 5.33. The molecular formula is C20H21FN4O4S. The molecule has 3 N–H and O–H groups in total. The number of primary sulfonamides is 1. The first-order chi connectivity index (χ1) is 14.1. The highest BCUT2D eigenvalue weighted by atomic mass is 32.2. The van der Waals surface area contributed by atoms with Gasteiger partial charge >= 0.3 is 0 Å². The lowest BCUT2D eigenvalue weighted by Crippen LogP contribution is -2.17. The van der Waals surface area contributed by atoms with Crippen LogP contribution in [0, 0.1) is 5.82 Å². The molecule has 0 saturated heterocycles. The Morgan fingerprint density at radius 3 is 2.43 bits per heavy atom. The van der Waals surface area contributed by atoms with Gasteiger partial charge in [0.1, 0.15) is 16.5 Å². The summed E-state index contributed by atoms with van der Waals surface area (Å²) in [4.78, 5) is 12.7. The zero-order valence-corrected chi connectivity index (χ0v) is 17.4. The van der Waals surface area contributed by atoms with Crippen LogP contribution in [0.5, 0.6) is 5.75 Å². The highest BCUT2D eigenvalue weighted by molar-refractivity contribution is 7.89. The summed E-state index contributed by atoms with van der Waals surface area (Å²) >= 11 is 0. The number of rotatable bonds is 6. The van der Waals surface area contributed by atoms with Gasteiger partial charge in [0.15, 0.2) is 0 Å². The summed E-state index contributed by atoms with van der Waals surface area (Å²) in [6, 6.07) is 9.90. The van der Waals surface area contributed by atoms with Crippen molar-refractivity contribution in [3.05, 3.63) is 65.7 Å². The molecule has 1 aromatic heterocycles. The minimum Gasteiger partial charge on any atom is -0.495 e. The van der Waals surface area contributed by atoms with Crippen molar-refractivity contribution in [2.45, 2.75) is 24.7 Å². The van der Waals surface area contributed by atoms with Crippen molar-refractivity contribution in [1.29, 1.82) is 0 Å². The third-order valence-electron chi connectivity index (χ3n) is 4.40. The third kappa shape index (κ3) is 4.34. The van der Waals surface area contributed by atoms with E-state index >= 15 is 0 Å². The predicted molar refractivity (Wildman–Crippen MR) is 110 cm³/mol. The van der Waals surface area contributed by atoms with Crippen LogP contribution in [-0.2, 0) is 10.0 Å². The zero-order valence-electron chi connectivity index (χ0n) is 16.6. The average molecular weight is 432 g/mol. The van der Waals surface area contributed by atoms with Crippen LogP contribution < -0.4 is 15.2 Å². The van der Waals surface area contributed by atoms with Gasteiger partial charge in [-0.25, -0.2) is 22.6 Å². The van der Waals surface area contributed by atoms with Crippen LogP contribution in [-0.4, -0.2) is 31.2 Å². The fraction of sp³-hybridized carbons (Fsp3) is 0.200. The number of hydrogen-bond donors (Lipinski definition) is 2. The molecule has 0 unspecified atom stereocenters. The molecule has 0 saturated carbocycles. The van der Waals surface area contributed by atoms with Gasteiger partial charge in [-0.2, -0.15) is 5.10 Å². The van der Waals surface area contributed by atoms with Crippen molar-refractivity contribution >= 4 is 21.6 Å². The minimum atomic E-state index is -4.05. The van der Waals surface area contributed by atoms with Gasteiger partial charge in [0.2, 0.25) is 10.0 Å². The van der Waals surface area contributed by atoms with E-state index in [0.717, 1.165) is 0 Å². The van der Waals surface area contributed by atoms with Gasteiger partial charge in [0.05, 0.1) is 30.3 Å². The van der Waals surface area contributed by atoms with Crippen molar-refractivity contribution in [2.24, 2.45) is 5.14 Å². The second-order valence-corrected chi connectivity index (χ2v) is 8.38. The number of benzene rings is 2. The number of carbonyl (C=O) groups excluding carboxylic acids is 1. The maximum absolute atomic E-state index is 13.3. The highest BCUT2D eigenvalue weighted by Crippen LogP contribution is 2.28. The molecule has 0 atom stereocenters. The molecule has 0 spiro atoms. The molecule has 0 bridgehead atoms. The Hall–Kier alpha value is -3.24. The normalized spacial score (nSPS) is 11.5. The van der Waals surface area contributed by atoms with Gasteiger partial charge in [0, 0.05) is 5.69 Å². The number of methoxy groups -OCH3 is 1. The van der Waals surface area contributed by atoms with Crippen molar-refractivity contribution < 1.29 is 22.3 Å². The number of sulfonamides is 1. The van der Waals surface area contributed by atoms with E-state index in [4.69, 9.17) is 9.88 Å². The Morgan fingerprint density at radius 1 is 1.20 bits per heavy atom. The second kappa shape index (κ2) is 8.25. The first kappa shape index (κ1) is 21.5. The largest absolute Gasteiger partial charge is 0.495 e. The van der Waals surface area contributed by atoms with Gasteiger partial charge in [-0.3, -0.25) is 4.79 Å². The number of aromatic nitrogens is 2. The summed E-state index contributed by atoms with van der Waals surface area (Å²) in [5, 5.41) is 12.2. The predicted octanol–water partition coefficient (Wildman–Crippen LogP) is 3.04. The second-order valence-electron chi connectivity index (χ2n) is 6.85. The van der Waals surface area contributed by atoms with Crippen LogP contribution in [0.4, 0.5) is 10.1 Å². The lowest BCUT2D eigenvalue weighted by molar-refractivity contribution is 0.102. The van der Waals surface area contributed by atoms with Crippen LogP contribution in [0.2, 0.25) is 0 Å². The molecule has 2 aromatic carbocycles. The first-order valence-electron chi connectivity index (χ1n) is 8.98. The first-order valence-corrected chi connectivity index (χ1v) is 10.5. The number of hydrogen-bond acceptors (Lipinski definition) is 5. The van der Waals surface area contributed by atoms with Crippen LogP contribution in [0.25, 0.3) is 5.69 Å². The van der Waals surface area contributed by atoms with E-state index < -0.39 is 15.9 Å². The summed E-state index contributed by atoms with van der Waals surface area (Å²) in [6.07, 6.45) is 1.41. The SMILES string of the molecule is COc1ccc(NC(=O)c2cnn(-c3ccc(F)cc3)c2C(C)C)cc1S(N)(=O)=O. The number of anilines is 1. The van der Waals surface area contributed by atoms with Gasteiger partial charge in [-0.15, -0.1) is 0 Å². The monoisotopic (exact) mass is 432 g/mol. The van der Waals surface area contributed by atoms with E-state index in [1.165, 1.54) is 43.6 Å². The quantitative estimate of drug-likeness (QED) is 0.621. The highest BCUT2D eigenvalue weighted by Gasteiger charge is 2.22. The molecular weight excluding hydrogens is 411 g/mol. The molecule has 0 aliphatic rings. The van der Waals surface area contributed by atoms with E-state index in [1.807, 2.05) is 13.8 Å². The summed E-state index contributed by atoms with van der Waals surface area (Å²) in [7, 11) is -2.73. The summed E-state index contributed by atoms with van der Waals surface area (Å²) in [5.41, 5.74) is 1.77. The molecule has 0 fully saturated rings. The van der Waals surface area contributed by atoms with Gasteiger partial charge < -0.3 is 10.1 Å². The zero-order chi connectivity index (χ0) is 22.1. The van der Waals surface area contributed by atoms with Crippen LogP contribution in [0.15, 0.2) is 53.6 Å². The maximum atomic E-state index is 13.3. The molecule has 10 heteroatoms. The lowest BCUT2D eigenvalue weighted by Gasteiger charge is -2.14. The molecule has 3 aromatic rings. The van der Waals surface area contributed by atoms with E-state index in [9.17, 15) is 17.6 Å². The van der Waals surface area contributed by atoms with Crippen molar-refractivity contribution in [3.8, 4) is 11.4 Å². The number of nitrogens with two attached hydrogens (primary N) is 1. The number of carbonyl (C=O) groups is 1. The van der Waals surface area contributed by atoms with Crippen LogP contribution >= 0.6 is 0 Å². The van der Waals surface area contributed by atoms with Crippen molar-refractivity contribution in [2.75, 3.05) is 12.4 Å². The van der Waals surface area contributed by atoms with E-state index in [1.54, 1.807) is 16.8 Å². The number of amides is 1.